The number of halogens is 1. The predicted molar refractivity (Wildman–Crippen MR) is 118 cm³/mol. The summed E-state index contributed by atoms with van der Waals surface area (Å²) in [5.41, 5.74) is 2.94. The lowest BCUT2D eigenvalue weighted by Gasteiger charge is -2.20. The summed E-state index contributed by atoms with van der Waals surface area (Å²) in [4.78, 5) is 24.9. The highest BCUT2D eigenvalue weighted by atomic mass is 79.9. The third kappa shape index (κ3) is 5.12. The Bertz CT molecular complexity index is 1030. The molecule has 2 amide bonds. The minimum Gasteiger partial charge on any atom is -0.347 e. The van der Waals surface area contributed by atoms with Crippen LogP contribution >= 0.6 is 15.9 Å². The van der Waals surface area contributed by atoms with Crippen molar-refractivity contribution in [3.05, 3.63) is 76.0 Å². The molecule has 0 atom stereocenters. The van der Waals surface area contributed by atoms with Crippen molar-refractivity contribution in [1.29, 1.82) is 0 Å². The predicted octanol–water partition coefficient (Wildman–Crippen LogP) is 4.72. The number of carbonyl (C=O) groups excluding carboxylic acids is 2. The molecule has 0 spiro atoms. The fourth-order valence-electron chi connectivity index (χ4n) is 2.79. The van der Waals surface area contributed by atoms with E-state index in [1.807, 2.05) is 52.0 Å². The van der Waals surface area contributed by atoms with Gasteiger partial charge in [0.15, 0.2) is 0 Å². The van der Waals surface area contributed by atoms with E-state index < -0.39 is 0 Å². The van der Waals surface area contributed by atoms with Gasteiger partial charge in [0.05, 0.1) is 23.1 Å². The number of rotatable bonds is 4. The molecule has 0 aliphatic heterocycles. The molecular weight excluding hydrogens is 432 g/mol. The van der Waals surface area contributed by atoms with E-state index in [1.54, 1.807) is 35.1 Å². The van der Waals surface area contributed by atoms with E-state index in [0.29, 0.717) is 16.8 Å². The first-order chi connectivity index (χ1) is 13.6. The monoisotopic (exact) mass is 454 g/mol. The fourth-order valence-corrected chi connectivity index (χ4v) is 3.06. The van der Waals surface area contributed by atoms with E-state index in [1.165, 1.54) is 0 Å². The van der Waals surface area contributed by atoms with Gasteiger partial charge in [-0.1, -0.05) is 15.9 Å². The van der Waals surface area contributed by atoms with Crippen LogP contribution in [-0.4, -0.2) is 27.1 Å². The lowest BCUT2D eigenvalue weighted by molar-refractivity contribution is 0.0919. The molecule has 2 aromatic carbocycles. The second-order valence-electron chi connectivity index (χ2n) is 7.77. The van der Waals surface area contributed by atoms with E-state index >= 15 is 0 Å². The van der Waals surface area contributed by atoms with Crippen molar-refractivity contribution in [1.82, 2.24) is 15.1 Å². The Morgan fingerprint density at radius 1 is 0.966 bits per heavy atom. The summed E-state index contributed by atoms with van der Waals surface area (Å²) in [5.74, 6) is -0.403. The molecular formula is C22H23BrN4O2. The summed E-state index contributed by atoms with van der Waals surface area (Å²) in [5, 5.41) is 10.1. The molecule has 1 aromatic heterocycles. The summed E-state index contributed by atoms with van der Waals surface area (Å²) in [7, 11) is 0. The summed E-state index contributed by atoms with van der Waals surface area (Å²) in [6.07, 6.45) is 1.55. The number of amides is 2. The molecule has 1 heterocycles. The number of carbonyl (C=O) groups is 2. The highest BCUT2D eigenvalue weighted by Crippen LogP contribution is 2.19. The van der Waals surface area contributed by atoms with Gasteiger partial charge in [-0.25, -0.2) is 4.68 Å². The summed E-state index contributed by atoms with van der Waals surface area (Å²) < 4.78 is 2.70. The van der Waals surface area contributed by atoms with Crippen LogP contribution in [-0.2, 0) is 0 Å². The van der Waals surface area contributed by atoms with Crippen LogP contribution in [0, 0.1) is 6.92 Å². The normalized spacial score (nSPS) is 11.2. The highest BCUT2D eigenvalue weighted by Gasteiger charge is 2.17. The zero-order chi connectivity index (χ0) is 21.2. The summed E-state index contributed by atoms with van der Waals surface area (Å²) in [6, 6.07) is 14.5. The number of aromatic nitrogens is 2. The Morgan fingerprint density at radius 3 is 2.17 bits per heavy atom. The van der Waals surface area contributed by atoms with Gasteiger partial charge in [-0.3, -0.25) is 9.59 Å². The molecule has 6 nitrogen and oxygen atoms in total. The number of anilines is 1. The number of nitrogens with one attached hydrogen (secondary N) is 2. The van der Waals surface area contributed by atoms with Crippen LogP contribution in [0.3, 0.4) is 0 Å². The molecule has 3 rings (SSSR count). The van der Waals surface area contributed by atoms with Crippen LogP contribution in [0.2, 0.25) is 0 Å². The molecule has 3 aromatic rings. The second-order valence-corrected chi connectivity index (χ2v) is 8.68. The average Bonchev–Trinajstić information content (AvgIpc) is 3.03. The van der Waals surface area contributed by atoms with Crippen molar-refractivity contribution in [2.45, 2.75) is 33.2 Å². The lowest BCUT2D eigenvalue weighted by atomic mass is 10.1. The molecule has 0 saturated heterocycles. The first-order valence-corrected chi connectivity index (χ1v) is 9.98. The van der Waals surface area contributed by atoms with Crippen molar-refractivity contribution >= 4 is 33.4 Å². The molecule has 7 heteroatoms. The Kier molecular flexibility index (Phi) is 5.88. The minimum atomic E-state index is -0.309. The first kappa shape index (κ1) is 20.8. The molecule has 150 valence electrons. The van der Waals surface area contributed by atoms with Gasteiger partial charge >= 0.3 is 0 Å². The maximum absolute atomic E-state index is 12.7. The maximum atomic E-state index is 12.7. The van der Waals surface area contributed by atoms with E-state index in [9.17, 15) is 9.59 Å². The molecule has 0 unspecified atom stereocenters. The van der Waals surface area contributed by atoms with Crippen LogP contribution in [0.15, 0.2) is 59.2 Å². The van der Waals surface area contributed by atoms with E-state index in [-0.39, 0.29) is 17.4 Å². The Balaban J connectivity index is 1.72. The third-order valence-corrected chi connectivity index (χ3v) is 4.75. The molecule has 0 aliphatic rings. The van der Waals surface area contributed by atoms with Crippen molar-refractivity contribution in [2.24, 2.45) is 0 Å². The number of nitrogens with zero attached hydrogens (tertiary/aromatic N) is 2. The number of hydrogen-bond donors (Lipinski definition) is 2. The maximum Gasteiger partial charge on any atom is 0.259 e. The van der Waals surface area contributed by atoms with Gasteiger partial charge in [0.1, 0.15) is 0 Å². The quantitative estimate of drug-likeness (QED) is 0.598. The molecule has 0 fully saturated rings. The van der Waals surface area contributed by atoms with Gasteiger partial charge in [0.25, 0.3) is 11.8 Å². The summed E-state index contributed by atoms with van der Waals surface area (Å²) >= 11 is 3.41. The van der Waals surface area contributed by atoms with E-state index in [0.717, 1.165) is 15.9 Å². The Labute approximate surface area is 178 Å². The zero-order valence-corrected chi connectivity index (χ0v) is 18.4. The van der Waals surface area contributed by atoms with Crippen LogP contribution in [0.5, 0.6) is 0 Å². The van der Waals surface area contributed by atoms with E-state index in [4.69, 9.17) is 0 Å². The summed E-state index contributed by atoms with van der Waals surface area (Å²) in [6.45, 7) is 7.63. The molecule has 0 saturated carbocycles. The lowest BCUT2D eigenvalue weighted by Crippen LogP contribution is -2.40. The molecule has 0 bridgehead atoms. The smallest absolute Gasteiger partial charge is 0.259 e. The zero-order valence-electron chi connectivity index (χ0n) is 16.8. The van der Waals surface area contributed by atoms with Crippen LogP contribution in [0.4, 0.5) is 5.69 Å². The topological polar surface area (TPSA) is 76.0 Å². The van der Waals surface area contributed by atoms with Crippen LogP contribution in [0.1, 0.15) is 47.2 Å². The van der Waals surface area contributed by atoms with Crippen molar-refractivity contribution in [2.75, 3.05) is 5.32 Å². The minimum absolute atomic E-state index is 0.151. The SMILES string of the molecule is Cc1c(C(=O)Nc2ccc(C(=O)NC(C)(C)C)cc2)cnn1-c1ccc(Br)cc1. The largest absolute Gasteiger partial charge is 0.347 e. The Morgan fingerprint density at radius 2 is 1.59 bits per heavy atom. The van der Waals surface area contributed by atoms with Gasteiger partial charge in [0, 0.05) is 21.3 Å². The van der Waals surface area contributed by atoms with Crippen LogP contribution in [0.25, 0.3) is 5.69 Å². The second kappa shape index (κ2) is 8.21. The standard InChI is InChI=1S/C22H23BrN4O2/c1-14-19(13-24-27(14)18-11-7-16(23)8-12-18)21(29)25-17-9-5-15(6-10-17)20(28)26-22(2,3)4/h5-13H,1-4H3,(H,25,29)(H,26,28). The highest BCUT2D eigenvalue weighted by molar-refractivity contribution is 9.10. The first-order valence-electron chi connectivity index (χ1n) is 9.18. The van der Waals surface area contributed by atoms with Crippen molar-refractivity contribution in [3.63, 3.8) is 0 Å². The average molecular weight is 455 g/mol. The molecule has 0 aliphatic carbocycles. The molecule has 0 radical (unpaired) electrons. The Hall–Kier alpha value is -2.93. The van der Waals surface area contributed by atoms with E-state index in [2.05, 4.69) is 31.7 Å². The number of hydrogen-bond acceptors (Lipinski definition) is 3. The van der Waals surface area contributed by atoms with Gasteiger partial charge in [-0.2, -0.15) is 5.10 Å². The van der Waals surface area contributed by atoms with Gasteiger partial charge in [-0.05, 0) is 76.2 Å². The van der Waals surface area contributed by atoms with Gasteiger partial charge in [0.2, 0.25) is 0 Å². The molecule has 2 N–H and O–H groups in total. The fraction of sp³-hybridized carbons (Fsp3) is 0.227. The van der Waals surface area contributed by atoms with Crippen molar-refractivity contribution < 1.29 is 9.59 Å². The van der Waals surface area contributed by atoms with Crippen LogP contribution < -0.4 is 10.6 Å². The number of benzene rings is 2. The molecule has 29 heavy (non-hydrogen) atoms. The van der Waals surface area contributed by atoms with Crippen molar-refractivity contribution in [3.8, 4) is 5.69 Å². The third-order valence-electron chi connectivity index (χ3n) is 4.22. The van der Waals surface area contributed by atoms with Gasteiger partial charge in [-0.15, -0.1) is 0 Å². The van der Waals surface area contributed by atoms with Gasteiger partial charge < -0.3 is 10.6 Å².